The topological polar surface area (TPSA) is 69.3 Å². The van der Waals surface area contributed by atoms with Crippen LogP contribution < -0.4 is 10.1 Å². The molecule has 4 rings (SSSR count). The fraction of sp³-hybridized carbons (Fsp3) is 0.143. The van der Waals surface area contributed by atoms with E-state index in [1.807, 2.05) is 62.4 Å². The molecule has 2 aromatic carbocycles. The van der Waals surface area contributed by atoms with Crippen LogP contribution in [0.4, 0.5) is 5.82 Å². The Morgan fingerprint density at radius 1 is 1.11 bits per heavy atom. The van der Waals surface area contributed by atoms with Crippen molar-refractivity contribution in [3.63, 3.8) is 0 Å². The van der Waals surface area contributed by atoms with Gasteiger partial charge in [0.1, 0.15) is 5.82 Å². The monoisotopic (exact) mass is 361 g/mol. The van der Waals surface area contributed by atoms with Gasteiger partial charge in [0.25, 0.3) is 5.91 Å². The van der Waals surface area contributed by atoms with Crippen LogP contribution in [-0.2, 0) is 0 Å². The number of carbonyl (C=O) groups excluding carboxylic acids is 1. The number of hydrogen-bond donors (Lipinski definition) is 1. The molecule has 0 aliphatic rings. The molecule has 6 nitrogen and oxygen atoms in total. The SMILES string of the molecule is COc1cccc2c(C)c(C(=O)Nc3c(C)cnn3-c3ccccc3)oc12. The third-order valence-corrected chi connectivity index (χ3v) is 4.54. The zero-order chi connectivity index (χ0) is 19.0. The summed E-state index contributed by atoms with van der Waals surface area (Å²) in [5, 5.41) is 8.17. The first-order chi connectivity index (χ1) is 13.1. The maximum Gasteiger partial charge on any atom is 0.292 e. The van der Waals surface area contributed by atoms with Gasteiger partial charge in [-0.2, -0.15) is 5.10 Å². The van der Waals surface area contributed by atoms with Crippen LogP contribution in [0.3, 0.4) is 0 Å². The summed E-state index contributed by atoms with van der Waals surface area (Å²) in [5.41, 5.74) is 3.06. The minimum atomic E-state index is -0.327. The highest BCUT2D eigenvalue weighted by molar-refractivity contribution is 6.07. The number of nitrogens with zero attached hydrogens (tertiary/aromatic N) is 2. The predicted molar refractivity (Wildman–Crippen MR) is 104 cm³/mol. The molecule has 0 aliphatic carbocycles. The number of rotatable bonds is 4. The number of furan rings is 1. The van der Waals surface area contributed by atoms with Crippen LogP contribution in [0.1, 0.15) is 21.7 Å². The standard InChI is InChI=1S/C21H19N3O3/c1-13-12-22-24(15-8-5-4-6-9-15)20(13)23-21(25)18-14(2)16-10-7-11-17(26-3)19(16)27-18/h4-12H,1-3H3,(H,23,25). The second-order valence-corrected chi connectivity index (χ2v) is 6.27. The molecule has 0 unspecified atom stereocenters. The number of carbonyl (C=O) groups is 1. The van der Waals surface area contributed by atoms with Crippen molar-refractivity contribution in [2.75, 3.05) is 12.4 Å². The summed E-state index contributed by atoms with van der Waals surface area (Å²) in [6.07, 6.45) is 1.72. The van der Waals surface area contributed by atoms with Crippen molar-refractivity contribution in [2.45, 2.75) is 13.8 Å². The first kappa shape index (κ1) is 16.9. The number of aryl methyl sites for hydroxylation is 2. The highest BCUT2D eigenvalue weighted by Crippen LogP contribution is 2.32. The molecule has 6 heteroatoms. The summed E-state index contributed by atoms with van der Waals surface area (Å²) < 4.78 is 12.9. The van der Waals surface area contributed by atoms with E-state index in [1.54, 1.807) is 18.0 Å². The fourth-order valence-electron chi connectivity index (χ4n) is 3.11. The Hall–Kier alpha value is -3.54. The number of methoxy groups -OCH3 is 1. The van der Waals surface area contributed by atoms with E-state index in [1.165, 1.54) is 0 Å². The van der Waals surface area contributed by atoms with E-state index in [4.69, 9.17) is 9.15 Å². The Morgan fingerprint density at radius 3 is 2.63 bits per heavy atom. The molecule has 0 saturated carbocycles. The molecular formula is C21H19N3O3. The first-order valence-corrected chi connectivity index (χ1v) is 8.57. The van der Waals surface area contributed by atoms with E-state index in [-0.39, 0.29) is 11.7 Å². The van der Waals surface area contributed by atoms with Crippen LogP contribution in [-0.4, -0.2) is 22.8 Å². The number of para-hydroxylation sites is 2. The van der Waals surface area contributed by atoms with Crippen molar-refractivity contribution in [1.82, 2.24) is 9.78 Å². The Kier molecular flexibility index (Phi) is 4.16. The van der Waals surface area contributed by atoms with Crippen molar-refractivity contribution in [2.24, 2.45) is 0 Å². The van der Waals surface area contributed by atoms with E-state index in [0.29, 0.717) is 17.2 Å². The molecule has 1 amide bonds. The third-order valence-electron chi connectivity index (χ3n) is 4.54. The van der Waals surface area contributed by atoms with E-state index in [0.717, 1.165) is 22.2 Å². The van der Waals surface area contributed by atoms with Gasteiger partial charge in [-0.3, -0.25) is 4.79 Å². The van der Waals surface area contributed by atoms with Crippen LogP contribution in [0, 0.1) is 13.8 Å². The van der Waals surface area contributed by atoms with Gasteiger partial charge in [-0.05, 0) is 32.0 Å². The van der Waals surface area contributed by atoms with Crippen molar-refractivity contribution in [3.05, 3.63) is 71.6 Å². The lowest BCUT2D eigenvalue weighted by Crippen LogP contribution is -2.16. The molecule has 0 spiro atoms. The fourth-order valence-corrected chi connectivity index (χ4v) is 3.11. The van der Waals surface area contributed by atoms with Gasteiger partial charge < -0.3 is 14.5 Å². The summed E-state index contributed by atoms with van der Waals surface area (Å²) in [6.45, 7) is 3.76. The summed E-state index contributed by atoms with van der Waals surface area (Å²) in [6, 6.07) is 15.2. The van der Waals surface area contributed by atoms with Crippen molar-refractivity contribution in [1.29, 1.82) is 0 Å². The normalized spacial score (nSPS) is 10.9. The Balaban J connectivity index is 1.73. The Bertz CT molecular complexity index is 1130. The molecule has 0 bridgehead atoms. The molecule has 4 aromatic rings. The van der Waals surface area contributed by atoms with Crippen LogP contribution in [0.15, 0.2) is 59.1 Å². The molecular weight excluding hydrogens is 342 g/mol. The Morgan fingerprint density at radius 2 is 1.89 bits per heavy atom. The molecule has 0 aliphatic heterocycles. The number of aromatic nitrogens is 2. The average molecular weight is 361 g/mol. The molecule has 1 N–H and O–H groups in total. The van der Waals surface area contributed by atoms with Crippen molar-refractivity contribution in [3.8, 4) is 11.4 Å². The summed E-state index contributed by atoms with van der Waals surface area (Å²) in [5.74, 6) is 1.14. The van der Waals surface area contributed by atoms with Gasteiger partial charge in [-0.25, -0.2) is 4.68 Å². The van der Waals surface area contributed by atoms with E-state index < -0.39 is 0 Å². The number of fused-ring (bicyclic) bond motifs is 1. The third kappa shape index (κ3) is 2.85. The lowest BCUT2D eigenvalue weighted by molar-refractivity contribution is 0.0997. The molecule has 27 heavy (non-hydrogen) atoms. The highest BCUT2D eigenvalue weighted by Gasteiger charge is 2.22. The van der Waals surface area contributed by atoms with Crippen LogP contribution in [0.2, 0.25) is 0 Å². The van der Waals surface area contributed by atoms with Crippen molar-refractivity contribution >= 4 is 22.7 Å². The Labute approximate surface area is 156 Å². The lowest BCUT2D eigenvalue weighted by atomic mass is 10.1. The lowest BCUT2D eigenvalue weighted by Gasteiger charge is -2.09. The number of benzene rings is 2. The number of ether oxygens (including phenoxy) is 1. The first-order valence-electron chi connectivity index (χ1n) is 8.57. The quantitative estimate of drug-likeness (QED) is 0.581. The zero-order valence-corrected chi connectivity index (χ0v) is 15.3. The molecule has 0 saturated heterocycles. The number of nitrogens with one attached hydrogen (secondary N) is 1. The van der Waals surface area contributed by atoms with Gasteiger partial charge in [0, 0.05) is 16.5 Å². The van der Waals surface area contributed by atoms with Crippen LogP contribution in [0.5, 0.6) is 5.75 Å². The van der Waals surface area contributed by atoms with Crippen molar-refractivity contribution < 1.29 is 13.9 Å². The van der Waals surface area contributed by atoms with E-state index in [9.17, 15) is 4.79 Å². The maximum absolute atomic E-state index is 13.0. The maximum atomic E-state index is 13.0. The summed E-state index contributed by atoms with van der Waals surface area (Å²) >= 11 is 0. The van der Waals surface area contributed by atoms with E-state index >= 15 is 0 Å². The largest absolute Gasteiger partial charge is 0.493 e. The minimum absolute atomic E-state index is 0.259. The number of hydrogen-bond acceptors (Lipinski definition) is 4. The molecule has 2 aromatic heterocycles. The molecule has 0 fully saturated rings. The second-order valence-electron chi connectivity index (χ2n) is 6.27. The smallest absolute Gasteiger partial charge is 0.292 e. The second kappa shape index (κ2) is 6.64. The van der Waals surface area contributed by atoms with Crippen LogP contribution >= 0.6 is 0 Å². The zero-order valence-electron chi connectivity index (χ0n) is 15.3. The van der Waals surface area contributed by atoms with Gasteiger partial charge in [-0.1, -0.05) is 30.3 Å². The molecule has 2 heterocycles. The molecule has 136 valence electrons. The van der Waals surface area contributed by atoms with E-state index in [2.05, 4.69) is 10.4 Å². The highest BCUT2D eigenvalue weighted by atomic mass is 16.5. The number of anilines is 1. The van der Waals surface area contributed by atoms with Gasteiger partial charge in [0.05, 0.1) is 19.0 Å². The van der Waals surface area contributed by atoms with Gasteiger partial charge in [0.15, 0.2) is 17.1 Å². The summed E-state index contributed by atoms with van der Waals surface area (Å²) in [7, 11) is 1.58. The minimum Gasteiger partial charge on any atom is -0.493 e. The van der Waals surface area contributed by atoms with Crippen LogP contribution in [0.25, 0.3) is 16.7 Å². The summed E-state index contributed by atoms with van der Waals surface area (Å²) in [4.78, 5) is 13.0. The van der Waals surface area contributed by atoms with Gasteiger partial charge in [0.2, 0.25) is 0 Å². The molecule has 0 radical (unpaired) electrons. The van der Waals surface area contributed by atoms with Gasteiger partial charge >= 0.3 is 0 Å². The average Bonchev–Trinajstić information content (AvgIpc) is 3.23. The molecule has 0 atom stereocenters. The number of amides is 1. The predicted octanol–water partition coefficient (Wildman–Crippen LogP) is 4.50. The van der Waals surface area contributed by atoms with Gasteiger partial charge in [-0.15, -0.1) is 0 Å².